The zero-order valence-electron chi connectivity index (χ0n) is 10.1. The topological polar surface area (TPSA) is 101 Å². The van der Waals surface area contributed by atoms with E-state index in [9.17, 15) is 9.59 Å². The van der Waals surface area contributed by atoms with Gasteiger partial charge in [-0.2, -0.15) is 0 Å². The van der Waals surface area contributed by atoms with Gasteiger partial charge < -0.3 is 4.98 Å². The molecule has 0 atom stereocenters. The maximum absolute atomic E-state index is 11.4. The SMILES string of the molecule is Cc1sc(C(=O)NN)cc1CSc1nccc(=O)[nH]1. The first-order chi connectivity index (χ1) is 9.10. The average molecular weight is 296 g/mol. The minimum absolute atomic E-state index is 0.178. The van der Waals surface area contributed by atoms with Gasteiger partial charge in [-0.05, 0) is 18.6 Å². The lowest BCUT2D eigenvalue weighted by Gasteiger charge is -1.99. The molecule has 2 aromatic heterocycles. The van der Waals surface area contributed by atoms with Crippen molar-refractivity contribution >= 4 is 29.0 Å². The van der Waals surface area contributed by atoms with Crippen LogP contribution in [0.2, 0.25) is 0 Å². The van der Waals surface area contributed by atoms with Gasteiger partial charge in [0.05, 0.1) is 4.88 Å². The van der Waals surface area contributed by atoms with E-state index in [0.717, 1.165) is 10.4 Å². The van der Waals surface area contributed by atoms with Crippen molar-refractivity contribution in [1.82, 2.24) is 15.4 Å². The van der Waals surface area contributed by atoms with Crippen LogP contribution < -0.4 is 16.8 Å². The van der Waals surface area contributed by atoms with Crippen LogP contribution in [0.1, 0.15) is 20.1 Å². The third kappa shape index (κ3) is 3.43. The molecule has 0 aliphatic rings. The Morgan fingerprint density at radius 3 is 3.11 bits per heavy atom. The molecule has 0 saturated heterocycles. The van der Waals surface area contributed by atoms with E-state index in [1.807, 2.05) is 6.92 Å². The number of thiophene rings is 1. The number of aromatic amines is 1. The van der Waals surface area contributed by atoms with Gasteiger partial charge in [0.1, 0.15) is 0 Å². The molecule has 6 nitrogen and oxygen atoms in total. The summed E-state index contributed by atoms with van der Waals surface area (Å²) in [5, 5.41) is 0.558. The lowest BCUT2D eigenvalue weighted by atomic mass is 10.3. The first-order valence-corrected chi connectivity index (χ1v) is 7.18. The van der Waals surface area contributed by atoms with Crippen molar-refractivity contribution in [2.45, 2.75) is 17.8 Å². The second-order valence-corrected chi connectivity index (χ2v) is 5.91. The summed E-state index contributed by atoms with van der Waals surface area (Å²) in [6.07, 6.45) is 1.47. The van der Waals surface area contributed by atoms with Gasteiger partial charge in [0.25, 0.3) is 11.5 Å². The van der Waals surface area contributed by atoms with E-state index in [1.165, 1.54) is 35.4 Å². The predicted molar refractivity (Wildman–Crippen MR) is 75.1 cm³/mol. The Balaban J connectivity index is 2.09. The van der Waals surface area contributed by atoms with Crippen LogP contribution in [0.25, 0.3) is 0 Å². The van der Waals surface area contributed by atoms with Crippen molar-refractivity contribution in [2.75, 3.05) is 0 Å². The molecule has 0 radical (unpaired) electrons. The number of H-pyrrole nitrogens is 1. The third-order valence-corrected chi connectivity index (χ3v) is 4.42. The third-order valence-electron chi connectivity index (χ3n) is 2.39. The maximum atomic E-state index is 11.4. The fourth-order valence-corrected chi connectivity index (χ4v) is 3.35. The number of thioether (sulfide) groups is 1. The number of hydrazine groups is 1. The number of amides is 1. The van der Waals surface area contributed by atoms with Gasteiger partial charge in [-0.25, -0.2) is 10.8 Å². The highest BCUT2D eigenvalue weighted by molar-refractivity contribution is 7.98. The summed E-state index contributed by atoms with van der Waals surface area (Å²) >= 11 is 2.80. The van der Waals surface area contributed by atoms with Crippen molar-refractivity contribution in [3.05, 3.63) is 44.0 Å². The van der Waals surface area contributed by atoms with Crippen LogP contribution >= 0.6 is 23.1 Å². The van der Waals surface area contributed by atoms with Crippen LogP contribution in [0.5, 0.6) is 0 Å². The average Bonchev–Trinajstić information content (AvgIpc) is 2.77. The monoisotopic (exact) mass is 296 g/mol. The molecule has 2 aromatic rings. The molecule has 0 spiro atoms. The number of aromatic nitrogens is 2. The summed E-state index contributed by atoms with van der Waals surface area (Å²) < 4.78 is 0. The highest BCUT2D eigenvalue weighted by Crippen LogP contribution is 2.27. The molecule has 0 aliphatic heterocycles. The number of nitrogens with two attached hydrogens (primary N) is 1. The summed E-state index contributed by atoms with van der Waals surface area (Å²) in [6.45, 7) is 1.94. The van der Waals surface area contributed by atoms with Gasteiger partial charge in [-0.3, -0.25) is 15.0 Å². The number of nitrogens with zero attached hydrogens (tertiary/aromatic N) is 1. The Bertz CT molecular complexity index is 650. The van der Waals surface area contributed by atoms with Gasteiger partial charge in [0, 0.05) is 22.9 Å². The number of carbonyl (C=O) groups excluding carboxylic acids is 1. The zero-order valence-corrected chi connectivity index (χ0v) is 11.7. The Kier molecular flexibility index (Phi) is 4.35. The van der Waals surface area contributed by atoms with Crippen LogP contribution in [0.15, 0.2) is 28.3 Å². The first kappa shape index (κ1) is 13.8. The van der Waals surface area contributed by atoms with Crippen LogP contribution in [-0.2, 0) is 5.75 Å². The minimum Gasteiger partial charge on any atom is -0.301 e. The van der Waals surface area contributed by atoms with Gasteiger partial charge in [0.2, 0.25) is 0 Å². The van der Waals surface area contributed by atoms with E-state index in [1.54, 1.807) is 6.07 Å². The molecule has 19 heavy (non-hydrogen) atoms. The summed E-state index contributed by atoms with van der Waals surface area (Å²) in [5.74, 6) is 5.43. The van der Waals surface area contributed by atoms with E-state index in [4.69, 9.17) is 5.84 Å². The van der Waals surface area contributed by atoms with Crippen LogP contribution in [0.3, 0.4) is 0 Å². The zero-order chi connectivity index (χ0) is 13.8. The van der Waals surface area contributed by atoms with E-state index in [0.29, 0.717) is 15.8 Å². The van der Waals surface area contributed by atoms with Gasteiger partial charge >= 0.3 is 0 Å². The molecule has 2 heterocycles. The molecular formula is C11H12N4O2S2. The fourth-order valence-electron chi connectivity index (χ4n) is 1.42. The van der Waals surface area contributed by atoms with Crippen molar-refractivity contribution in [3.8, 4) is 0 Å². The minimum atomic E-state index is -0.296. The Hall–Kier alpha value is -1.64. The van der Waals surface area contributed by atoms with Gasteiger partial charge in [-0.1, -0.05) is 11.8 Å². The molecule has 0 bridgehead atoms. The van der Waals surface area contributed by atoms with Crippen molar-refractivity contribution < 1.29 is 4.79 Å². The van der Waals surface area contributed by atoms with Crippen molar-refractivity contribution in [2.24, 2.45) is 5.84 Å². The van der Waals surface area contributed by atoms with Gasteiger partial charge in [-0.15, -0.1) is 11.3 Å². The second kappa shape index (κ2) is 6.00. The number of hydrogen-bond donors (Lipinski definition) is 3. The summed E-state index contributed by atoms with van der Waals surface area (Å²) in [4.78, 5) is 30.8. The van der Waals surface area contributed by atoms with E-state index >= 15 is 0 Å². The molecule has 0 aliphatic carbocycles. The molecule has 0 saturated carbocycles. The summed E-state index contributed by atoms with van der Waals surface area (Å²) in [7, 11) is 0. The molecule has 0 unspecified atom stereocenters. The molecule has 2 rings (SSSR count). The first-order valence-electron chi connectivity index (χ1n) is 5.38. The lowest BCUT2D eigenvalue weighted by Crippen LogP contribution is -2.29. The van der Waals surface area contributed by atoms with Gasteiger partial charge in [0.15, 0.2) is 5.16 Å². The number of carbonyl (C=O) groups is 1. The quantitative estimate of drug-likeness (QED) is 0.257. The standard InChI is InChI=1S/C11H12N4O2S2/c1-6-7(4-8(19-6)10(17)15-12)5-18-11-13-3-2-9(16)14-11/h2-4H,5,12H2,1H3,(H,15,17)(H,13,14,16). The van der Waals surface area contributed by atoms with Crippen LogP contribution in [0, 0.1) is 6.92 Å². The largest absolute Gasteiger partial charge is 0.301 e. The molecule has 0 fully saturated rings. The van der Waals surface area contributed by atoms with Crippen molar-refractivity contribution in [3.63, 3.8) is 0 Å². The summed E-state index contributed by atoms with van der Waals surface area (Å²) in [6, 6.07) is 3.17. The highest BCUT2D eigenvalue weighted by atomic mass is 32.2. The number of nitrogen functional groups attached to an aromatic ring is 1. The smallest absolute Gasteiger partial charge is 0.275 e. The number of nitrogens with one attached hydrogen (secondary N) is 2. The molecule has 8 heteroatoms. The predicted octanol–water partition coefficient (Wildman–Crippen LogP) is 1.04. The molecule has 4 N–H and O–H groups in total. The van der Waals surface area contributed by atoms with E-state index in [-0.39, 0.29) is 11.5 Å². The second-order valence-electron chi connectivity index (χ2n) is 3.69. The number of rotatable bonds is 4. The Morgan fingerprint density at radius 2 is 2.42 bits per heavy atom. The highest BCUT2D eigenvalue weighted by Gasteiger charge is 2.11. The summed E-state index contributed by atoms with van der Waals surface area (Å²) in [5.41, 5.74) is 2.96. The van der Waals surface area contributed by atoms with Crippen LogP contribution in [0.4, 0.5) is 0 Å². The Labute approximate surface area is 117 Å². The number of hydrogen-bond acceptors (Lipinski definition) is 6. The molecular weight excluding hydrogens is 284 g/mol. The normalized spacial score (nSPS) is 10.4. The van der Waals surface area contributed by atoms with Crippen LogP contribution in [-0.4, -0.2) is 15.9 Å². The molecule has 1 amide bonds. The Morgan fingerprint density at radius 1 is 1.63 bits per heavy atom. The molecule has 0 aromatic carbocycles. The fraction of sp³-hybridized carbons (Fsp3) is 0.182. The van der Waals surface area contributed by atoms with Crippen molar-refractivity contribution in [1.29, 1.82) is 0 Å². The molecule has 100 valence electrons. The van der Waals surface area contributed by atoms with E-state index in [2.05, 4.69) is 15.4 Å². The maximum Gasteiger partial charge on any atom is 0.275 e. The van der Waals surface area contributed by atoms with E-state index < -0.39 is 0 Å². The lowest BCUT2D eigenvalue weighted by molar-refractivity contribution is 0.0957. The number of aryl methyl sites for hydroxylation is 1.